The van der Waals surface area contributed by atoms with E-state index in [1.165, 1.54) is 119 Å². The summed E-state index contributed by atoms with van der Waals surface area (Å²) in [6.45, 7) is 0.0143. The highest BCUT2D eigenvalue weighted by Gasteiger charge is 2.69. The average molecular weight is 2140 g/mol. The van der Waals surface area contributed by atoms with Gasteiger partial charge in [-0.3, -0.25) is 60.8 Å². The van der Waals surface area contributed by atoms with Crippen molar-refractivity contribution < 1.29 is 114 Å². The topological polar surface area (TPSA) is 363 Å². The Kier molecular flexibility index (Phi) is 25.4. The molecule has 20 rings (SSSR count). The summed E-state index contributed by atoms with van der Waals surface area (Å²) in [5.41, 5.74) is -6.16. The van der Waals surface area contributed by atoms with Gasteiger partial charge < -0.3 is 10.6 Å². The van der Waals surface area contributed by atoms with Crippen molar-refractivity contribution in [2.75, 3.05) is 27.1 Å². The van der Waals surface area contributed by atoms with E-state index in [0.29, 0.717) is 79.8 Å². The van der Waals surface area contributed by atoms with Crippen LogP contribution in [0.5, 0.6) is 0 Å². The highest BCUT2D eigenvalue weighted by atomic mass is 35.5. The Labute approximate surface area is 822 Å². The average Bonchev–Trinajstić information content (AvgIpc) is 1.52. The lowest BCUT2D eigenvalue weighted by Gasteiger charge is -2.24. The van der Waals surface area contributed by atoms with Crippen molar-refractivity contribution in [3.8, 4) is 33.6 Å². The maximum atomic E-state index is 15.7. The summed E-state index contributed by atoms with van der Waals surface area (Å²) in [5.74, 6) is -20.2. The SMILES string of the molecule is CC(C)(C)S(=O)(=O)c1cccc(-c2ccc3c(=O)n(-c4ccc(Cl)c5c(NS(=O)(=O)C6CC6)nn(CC(F)F)c45)c([C@H](Cc4cc(F)cc(F)c4)NC(=O)Cn4nc(C(F)F)c5c4C(F)(F)[C@@H]4C[C@H]54)nc3c2)c1.CN(c1ccc(-c2ccc3c(=O)n(-c4ccc(Cl)c5c(NS(=O)(=O)C6CC6)nn(CC(F)F)c45)c([C@H](Cc4cc(F)cc(F)c4)NC(=O)Cn4nc(C(F)F)c5c4C(F)(F)[C@@H]4C[C@H]54)nc3c2)cc1)S(C)(=O)=O. The fourth-order valence-corrected chi connectivity index (χ4v) is 23.9. The first-order valence-corrected chi connectivity index (χ1v) is 51.9. The summed E-state index contributed by atoms with van der Waals surface area (Å²) in [6.07, 6.45) is -12.0. The monoisotopic (exact) mass is 2140 g/mol. The predicted octanol–water partition coefficient (Wildman–Crippen LogP) is 17.9. The number of aromatic nitrogens is 12. The van der Waals surface area contributed by atoms with Crippen molar-refractivity contribution in [3.63, 3.8) is 0 Å². The number of alkyl halides is 12. The van der Waals surface area contributed by atoms with Gasteiger partial charge in [0.15, 0.2) is 21.5 Å². The molecule has 2 amide bonds. The molecule has 6 atom stereocenters. The Bertz CT molecular complexity index is 8350. The summed E-state index contributed by atoms with van der Waals surface area (Å²) >= 11 is 13.4. The summed E-state index contributed by atoms with van der Waals surface area (Å²) < 4.78 is 350. The lowest BCUT2D eigenvalue weighted by atomic mass is 10.0. The number of anilines is 3. The highest BCUT2D eigenvalue weighted by molar-refractivity contribution is 7.94. The molecule has 6 aliphatic rings. The van der Waals surface area contributed by atoms with Crippen LogP contribution in [-0.4, -0.2) is 145 Å². The molecule has 8 aromatic carbocycles. The maximum absolute atomic E-state index is 15.7. The van der Waals surface area contributed by atoms with Gasteiger partial charge in [0, 0.05) is 55.0 Å². The number of rotatable bonds is 31. The van der Waals surface area contributed by atoms with Crippen LogP contribution in [0.1, 0.15) is 153 Å². The number of carbonyl (C=O) groups excluding carboxylic acids is 2. The highest BCUT2D eigenvalue weighted by Crippen LogP contribution is 2.69. The molecule has 51 heteroatoms. The molecule has 14 aromatic rings. The van der Waals surface area contributed by atoms with Gasteiger partial charge in [-0.15, -0.1) is 0 Å². The normalized spacial score (nSPS) is 17.8. The summed E-state index contributed by atoms with van der Waals surface area (Å²) in [4.78, 5) is 68.9. The number of amides is 2. The van der Waals surface area contributed by atoms with Gasteiger partial charge in [-0.25, -0.2) is 96.3 Å². The molecule has 4 N–H and O–H groups in total. The predicted molar refractivity (Wildman–Crippen MR) is 501 cm³/mol. The third-order valence-corrected chi connectivity index (χ3v) is 34.2. The van der Waals surface area contributed by atoms with E-state index < -0.39 is 260 Å². The molecule has 145 heavy (non-hydrogen) atoms. The van der Waals surface area contributed by atoms with Crippen LogP contribution in [0.4, 0.5) is 87.6 Å². The van der Waals surface area contributed by atoms with E-state index in [1.54, 1.807) is 18.2 Å². The third kappa shape index (κ3) is 18.9. The molecule has 0 unspecified atom stereocenters. The van der Waals surface area contributed by atoms with Gasteiger partial charge in [0.1, 0.15) is 83.9 Å². The van der Waals surface area contributed by atoms with Gasteiger partial charge in [-0.2, -0.15) is 38.0 Å². The first-order valence-electron chi connectivity index (χ1n) is 44.7. The van der Waals surface area contributed by atoms with Crippen LogP contribution in [0.3, 0.4) is 0 Å². The van der Waals surface area contributed by atoms with E-state index in [4.69, 9.17) is 33.2 Å². The van der Waals surface area contributed by atoms with Crippen LogP contribution in [-0.2, 0) is 100 Å². The van der Waals surface area contributed by atoms with E-state index in [0.717, 1.165) is 48.6 Å². The number of sulfone groups is 1. The van der Waals surface area contributed by atoms with Gasteiger partial charge in [-0.1, -0.05) is 59.6 Å². The molecular weight excluding hydrogens is 2060 g/mol. The number of nitrogens with zero attached hydrogens (tertiary/aromatic N) is 13. The Balaban J connectivity index is 0.000000183. The van der Waals surface area contributed by atoms with Crippen LogP contribution in [0.25, 0.3) is 77.2 Å². The van der Waals surface area contributed by atoms with Crippen LogP contribution in [0.15, 0.2) is 160 Å². The molecule has 0 aliphatic heterocycles. The molecule has 0 saturated heterocycles. The van der Waals surface area contributed by atoms with Crippen molar-refractivity contribution in [1.82, 2.24) is 68.9 Å². The third-order valence-electron chi connectivity index (χ3n) is 26.2. The van der Waals surface area contributed by atoms with E-state index in [2.05, 4.69) is 40.5 Å². The molecule has 6 aliphatic carbocycles. The fraction of sp³-hybridized carbons (Fsp3) is 0.340. The van der Waals surface area contributed by atoms with Gasteiger partial charge in [-0.05, 0) is 202 Å². The van der Waals surface area contributed by atoms with Crippen molar-refractivity contribution in [1.29, 1.82) is 0 Å². The van der Waals surface area contributed by atoms with Gasteiger partial charge >= 0.3 is 0 Å². The molecule has 6 heterocycles. The minimum atomic E-state index is -4.13. The van der Waals surface area contributed by atoms with Crippen molar-refractivity contribution in [3.05, 3.63) is 256 Å². The second-order valence-electron chi connectivity index (χ2n) is 37.3. The quantitative estimate of drug-likeness (QED) is 0.0293. The number of hydrogen-bond donors (Lipinski definition) is 4. The van der Waals surface area contributed by atoms with E-state index >= 15 is 27.2 Å². The first kappa shape index (κ1) is 101. The molecule has 6 aromatic heterocycles. The lowest BCUT2D eigenvalue weighted by molar-refractivity contribution is -0.123. The van der Waals surface area contributed by atoms with Crippen LogP contribution in [0.2, 0.25) is 10.0 Å². The minimum absolute atomic E-state index is 0.0315. The van der Waals surface area contributed by atoms with E-state index in [1.807, 2.05) is 0 Å². The molecule has 4 fully saturated rings. The lowest BCUT2D eigenvalue weighted by Crippen LogP contribution is -2.38. The standard InChI is InChI=1S/C48H41ClF8N8O6S2.C46H38ClF8N9O6S2/c1-47(2,3)72(68,69)28-6-4-5-23(16-28)24-7-10-29-33(17-24)59-45(65(46(29)67)35-12-11-32(49)39-41(35)63(20-36(52)53)61-44(39)62-73(70,71)27-8-9-27)34(15-22-13-25(50)18-26(51)14-22)58-37(66)21-64-42-38(40(60-64)43(54)55)30-19-31(30)48(42,56)57;1-61(71(2,67)68)26-6-3-22(4-7-26)23-5-10-28-32(16-23)57-44(64(45(28)66)34-12-11-31(47)38-40(34)62(19-35(50)51)59-43(38)60-72(69,70)27-8-9-27)33(15-21-13-24(48)17-25(49)14-21)56-36(65)20-63-41-37(39(58-63)42(52)53)29-18-30(29)46(41,54)55/h4-7,10-14,16-18,27,30-31,34,36,43H,8-9,15,19-21H2,1-3H3,(H,58,66)(H,61,62);3-7,10-14,16-17,27,29-30,33,35,42H,8-9,15,18-20H2,1-2H3,(H,56,65)(H,59,60)/t30-,31+,34-;29-,30+,33-/m00/s1. The molecule has 0 spiro atoms. The molecule has 0 bridgehead atoms. The minimum Gasteiger partial charge on any atom is -0.344 e. The van der Waals surface area contributed by atoms with Crippen molar-refractivity contribution >= 4 is 136 Å². The number of halogens is 18. The Hall–Kier alpha value is -13.0. The Morgan fingerprint density at radius 2 is 0.883 bits per heavy atom. The zero-order valence-corrected chi connectivity index (χ0v) is 80.7. The number of carbonyl (C=O) groups is 2. The zero-order chi connectivity index (χ0) is 104. The summed E-state index contributed by atoms with van der Waals surface area (Å²) in [7, 11) is -14.4. The van der Waals surface area contributed by atoms with Crippen LogP contribution in [0, 0.1) is 35.1 Å². The summed E-state index contributed by atoms with van der Waals surface area (Å²) in [6, 6.07) is 26.8. The molecule has 29 nitrogen and oxygen atoms in total. The smallest absolute Gasteiger partial charge is 0.293 e. The van der Waals surface area contributed by atoms with Gasteiger partial charge in [0.2, 0.25) is 41.9 Å². The zero-order valence-electron chi connectivity index (χ0n) is 75.9. The van der Waals surface area contributed by atoms with Gasteiger partial charge in [0.25, 0.3) is 48.7 Å². The molecule has 0 radical (unpaired) electrons. The van der Waals surface area contributed by atoms with Crippen molar-refractivity contribution in [2.45, 2.75) is 180 Å². The largest absolute Gasteiger partial charge is 0.344 e. The summed E-state index contributed by atoms with van der Waals surface area (Å²) in [5, 5.41) is 18.1. The van der Waals surface area contributed by atoms with E-state index in [9.17, 15) is 95.9 Å². The van der Waals surface area contributed by atoms with Crippen molar-refractivity contribution in [2.24, 2.45) is 11.8 Å². The maximum Gasteiger partial charge on any atom is 0.293 e. The Morgan fingerprint density at radius 3 is 1.26 bits per heavy atom. The number of fused-ring (bicyclic) bond motifs is 10. The second-order valence-corrected chi connectivity index (χ2v) is 46.7. The Morgan fingerprint density at radius 1 is 0.497 bits per heavy atom. The van der Waals surface area contributed by atoms with Crippen LogP contribution < -0.4 is 35.5 Å². The molecule has 4 saturated carbocycles. The fourth-order valence-electron chi connectivity index (χ4n) is 18.9. The van der Waals surface area contributed by atoms with Gasteiger partial charge in [0.05, 0.1) is 109 Å². The molecular formula is C94H79Cl2F16N17O12S4. The second kappa shape index (κ2) is 36.6. The number of hydrogen-bond acceptors (Lipinski definition) is 18. The molecule has 762 valence electrons. The number of benzene rings is 8. The van der Waals surface area contributed by atoms with E-state index in [-0.39, 0.29) is 105 Å². The van der Waals surface area contributed by atoms with Crippen LogP contribution >= 0.6 is 23.2 Å². The number of nitrogens with one attached hydrogen (secondary N) is 4. The number of sulfonamides is 3. The first-order chi connectivity index (χ1) is 68.1.